The summed E-state index contributed by atoms with van der Waals surface area (Å²) < 4.78 is 27.2. The lowest BCUT2D eigenvalue weighted by molar-refractivity contribution is -0.135. The minimum Gasteiger partial charge on any atom is -0.481 e. The highest BCUT2D eigenvalue weighted by atomic mass is 19.1. The molecule has 4 aromatic carbocycles. The summed E-state index contributed by atoms with van der Waals surface area (Å²) in [5.74, 6) is -0.882. The van der Waals surface area contributed by atoms with Crippen molar-refractivity contribution in [3.8, 4) is 0 Å². The maximum absolute atomic E-state index is 13.6. The molecule has 2 aliphatic rings. The first kappa shape index (κ1) is 32.6. The predicted molar refractivity (Wildman–Crippen MR) is 188 cm³/mol. The Morgan fingerprint density at radius 2 is 1.13 bits per heavy atom. The molecule has 0 fully saturated rings. The van der Waals surface area contributed by atoms with Crippen LogP contribution >= 0.6 is 0 Å². The molecule has 4 aromatic rings. The molecule has 0 bridgehead atoms. The standard InChI is InChI=1S/C22H23F.C20H17FO2/c1-5-19-15(4)21(20-11-10-18(23)13-22(19)20)12-16-6-8-17(9-7-16)14(2)3;1-12-3-5-14(6-4-12)9-17-13(2)18(11-20(22)23)19-10-15(21)7-8-16(17)19/h6-14H,5H2,1-4H3;3-10H,11H2,1-2H3,(H,22,23)/b21-12-;17-9-. The largest absolute Gasteiger partial charge is 0.481 e. The fraction of sp³-hybridized carbons (Fsp3) is 0.214. The molecule has 0 aliphatic heterocycles. The zero-order valence-corrected chi connectivity index (χ0v) is 27.3. The van der Waals surface area contributed by atoms with Crippen molar-refractivity contribution in [2.24, 2.45) is 0 Å². The molecule has 4 heteroatoms. The SMILES string of the molecule is CC1=C(CC(=O)O)c2cc(F)ccc2/C1=C\c1ccc(C)cc1.CCC1=C(C)/C(=C/c2ccc(C(C)C)cc2)c2ccc(F)cc21. The Bertz CT molecular complexity index is 1920. The van der Waals surface area contributed by atoms with Crippen LogP contribution in [0.4, 0.5) is 8.78 Å². The molecule has 1 N–H and O–H groups in total. The van der Waals surface area contributed by atoms with Crippen LogP contribution < -0.4 is 0 Å². The number of rotatable bonds is 6. The number of hydrogen-bond donors (Lipinski definition) is 1. The fourth-order valence-electron chi connectivity index (χ4n) is 6.31. The van der Waals surface area contributed by atoms with Gasteiger partial charge in [0.1, 0.15) is 11.6 Å². The number of allylic oxidation sites excluding steroid dienone is 5. The van der Waals surface area contributed by atoms with E-state index in [9.17, 15) is 13.6 Å². The van der Waals surface area contributed by atoms with Gasteiger partial charge in [0, 0.05) is 0 Å². The minimum absolute atomic E-state index is 0.104. The molecular formula is C42H40F2O2. The van der Waals surface area contributed by atoms with Crippen LogP contribution in [-0.2, 0) is 4.79 Å². The first-order valence-electron chi connectivity index (χ1n) is 15.8. The zero-order chi connectivity index (χ0) is 33.1. The van der Waals surface area contributed by atoms with E-state index >= 15 is 0 Å². The first-order chi connectivity index (χ1) is 22.0. The maximum atomic E-state index is 13.6. The number of hydrogen-bond acceptors (Lipinski definition) is 1. The van der Waals surface area contributed by atoms with Crippen molar-refractivity contribution in [2.45, 2.75) is 60.3 Å². The average molecular weight is 615 g/mol. The number of fused-ring (bicyclic) bond motifs is 2. The van der Waals surface area contributed by atoms with Crippen LogP contribution in [0.3, 0.4) is 0 Å². The van der Waals surface area contributed by atoms with E-state index in [0.717, 1.165) is 39.8 Å². The lowest BCUT2D eigenvalue weighted by atomic mass is 9.98. The molecule has 2 aliphatic carbocycles. The van der Waals surface area contributed by atoms with E-state index in [1.807, 2.05) is 50.3 Å². The van der Waals surface area contributed by atoms with Gasteiger partial charge in [-0.2, -0.15) is 0 Å². The summed E-state index contributed by atoms with van der Waals surface area (Å²) in [7, 11) is 0. The molecule has 6 rings (SSSR count). The Hall–Kier alpha value is -4.83. The van der Waals surface area contributed by atoms with Crippen LogP contribution in [0.15, 0.2) is 96.1 Å². The van der Waals surface area contributed by atoms with Crippen LogP contribution in [0.5, 0.6) is 0 Å². The molecular weight excluding hydrogens is 574 g/mol. The maximum Gasteiger partial charge on any atom is 0.307 e. The Morgan fingerprint density at radius 1 is 0.674 bits per heavy atom. The van der Waals surface area contributed by atoms with Crippen molar-refractivity contribution in [1.29, 1.82) is 0 Å². The van der Waals surface area contributed by atoms with Gasteiger partial charge in [0.2, 0.25) is 0 Å². The van der Waals surface area contributed by atoms with Crippen LogP contribution in [-0.4, -0.2) is 11.1 Å². The molecule has 0 amide bonds. The number of halogens is 2. The molecule has 0 heterocycles. The van der Waals surface area contributed by atoms with Crippen LogP contribution in [0, 0.1) is 18.6 Å². The van der Waals surface area contributed by atoms with Crippen molar-refractivity contribution in [2.75, 3.05) is 0 Å². The Morgan fingerprint density at radius 3 is 1.59 bits per heavy atom. The number of aliphatic carboxylic acids is 1. The highest BCUT2D eigenvalue weighted by Gasteiger charge is 2.26. The topological polar surface area (TPSA) is 37.3 Å². The van der Waals surface area contributed by atoms with E-state index in [-0.39, 0.29) is 18.1 Å². The summed E-state index contributed by atoms with van der Waals surface area (Å²) in [5.41, 5.74) is 14.8. The van der Waals surface area contributed by atoms with Gasteiger partial charge in [0.05, 0.1) is 6.42 Å². The molecule has 0 spiro atoms. The van der Waals surface area contributed by atoms with Crippen molar-refractivity contribution < 1.29 is 18.7 Å². The molecule has 234 valence electrons. The van der Waals surface area contributed by atoms with E-state index in [2.05, 4.69) is 58.0 Å². The summed E-state index contributed by atoms with van der Waals surface area (Å²) >= 11 is 0. The van der Waals surface area contributed by atoms with E-state index < -0.39 is 5.97 Å². The van der Waals surface area contributed by atoms with Gasteiger partial charge in [-0.25, -0.2) is 8.78 Å². The van der Waals surface area contributed by atoms with Crippen molar-refractivity contribution >= 4 is 40.4 Å². The quantitative estimate of drug-likeness (QED) is 0.235. The zero-order valence-electron chi connectivity index (χ0n) is 27.3. The van der Waals surface area contributed by atoms with Gasteiger partial charge in [-0.1, -0.05) is 87.0 Å². The van der Waals surface area contributed by atoms with Gasteiger partial charge < -0.3 is 5.11 Å². The Labute approximate surface area is 271 Å². The molecule has 46 heavy (non-hydrogen) atoms. The molecule has 2 nitrogen and oxygen atoms in total. The van der Waals surface area contributed by atoms with Crippen LogP contribution in [0.1, 0.15) is 97.9 Å². The number of carboxylic acids is 1. The average Bonchev–Trinajstić information content (AvgIpc) is 3.42. The third-order valence-electron chi connectivity index (χ3n) is 8.89. The third-order valence-corrected chi connectivity index (χ3v) is 8.89. The highest BCUT2D eigenvalue weighted by molar-refractivity contribution is 6.08. The van der Waals surface area contributed by atoms with Crippen molar-refractivity contribution in [3.05, 3.63) is 152 Å². The second kappa shape index (κ2) is 13.7. The lowest BCUT2D eigenvalue weighted by Crippen LogP contribution is -1.97. The second-order valence-electron chi connectivity index (χ2n) is 12.4. The van der Waals surface area contributed by atoms with Gasteiger partial charge >= 0.3 is 5.97 Å². The molecule has 0 saturated carbocycles. The van der Waals surface area contributed by atoms with Crippen LogP contribution in [0.25, 0.3) is 34.4 Å². The van der Waals surface area contributed by atoms with Gasteiger partial charge in [0.25, 0.3) is 0 Å². The van der Waals surface area contributed by atoms with E-state index in [1.54, 1.807) is 18.2 Å². The Kier molecular flexibility index (Phi) is 9.67. The predicted octanol–water partition coefficient (Wildman–Crippen LogP) is 11.6. The smallest absolute Gasteiger partial charge is 0.307 e. The summed E-state index contributed by atoms with van der Waals surface area (Å²) in [4.78, 5) is 11.2. The summed E-state index contributed by atoms with van der Waals surface area (Å²) in [5, 5.41) is 9.15. The van der Waals surface area contributed by atoms with E-state index in [4.69, 9.17) is 5.11 Å². The monoisotopic (exact) mass is 614 g/mol. The lowest BCUT2D eigenvalue weighted by Gasteiger charge is -2.07. The van der Waals surface area contributed by atoms with Crippen LogP contribution in [0.2, 0.25) is 0 Å². The molecule has 0 radical (unpaired) electrons. The van der Waals surface area contributed by atoms with Gasteiger partial charge in [-0.3, -0.25) is 4.79 Å². The molecule has 0 atom stereocenters. The third kappa shape index (κ3) is 6.87. The summed E-state index contributed by atoms with van der Waals surface area (Å²) in [6.07, 6.45) is 5.07. The van der Waals surface area contributed by atoms with Crippen molar-refractivity contribution in [1.82, 2.24) is 0 Å². The second-order valence-corrected chi connectivity index (χ2v) is 12.4. The summed E-state index contributed by atoms with van der Waals surface area (Å²) in [6.45, 7) is 12.6. The number of carboxylic acid groups (broad SMARTS) is 1. The Balaban J connectivity index is 0.000000181. The van der Waals surface area contributed by atoms with Crippen molar-refractivity contribution in [3.63, 3.8) is 0 Å². The number of carbonyl (C=O) groups is 1. The van der Waals surface area contributed by atoms with E-state index in [0.29, 0.717) is 17.1 Å². The van der Waals surface area contributed by atoms with Gasteiger partial charge in [-0.05, 0) is 142 Å². The fourth-order valence-corrected chi connectivity index (χ4v) is 6.31. The minimum atomic E-state index is -0.911. The van der Waals surface area contributed by atoms with Gasteiger partial charge in [0.15, 0.2) is 0 Å². The normalized spacial score (nSPS) is 15.4. The molecule has 0 unspecified atom stereocenters. The number of aryl methyl sites for hydroxylation is 1. The first-order valence-corrected chi connectivity index (χ1v) is 15.8. The van der Waals surface area contributed by atoms with E-state index in [1.165, 1.54) is 45.5 Å². The molecule has 0 aromatic heterocycles. The highest BCUT2D eigenvalue weighted by Crippen LogP contribution is 2.45. The van der Waals surface area contributed by atoms with Gasteiger partial charge in [-0.15, -0.1) is 0 Å². The number of benzene rings is 4. The molecule has 0 saturated heterocycles. The summed E-state index contributed by atoms with van der Waals surface area (Å²) in [6, 6.07) is 26.5.